The lowest BCUT2D eigenvalue weighted by atomic mass is 9.98. The zero-order chi connectivity index (χ0) is 16.1. The number of halogens is 2. The number of likely N-dealkylation sites (tertiary alicyclic amines) is 1. The van der Waals surface area contributed by atoms with Gasteiger partial charge in [0.2, 0.25) is 5.91 Å². The van der Waals surface area contributed by atoms with Gasteiger partial charge in [0, 0.05) is 18.8 Å². The number of alkyl halides is 2. The van der Waals surface area contributed by atoms with Crippen molar-refractivity contribution < 1.29 is 18.3 Å². The molecular formula is C14H17F2N3O2S. The van der Waals surface area contributed by atoms with Gasteiger partial charge in [-0.05, 0) is 49.3 Å². The molecule has 1 aromatic carbocycles. The van der Waals surface area contributed by atoms with Crippen LogP contribution in [0.5, 0.6) is 5.75 Å². The zero-order valence-corrected chi connectivity index (χ0v) is 12.6. The van der Waals surface area contributed by atoms with Crippen molar-refractivity contribution in [2.24, 2.45) is 11.7 Å². The number of amides is 1. The minimum atomic E-state index is -2.85. The summed E-state index contributed by atoms with van der Waals surface area (Å²) in [6, 6.07) is 6.05. The Balaban J connectivity index is 1.92. The van der Waals surface area contributed by atoms with E-state index in [2.05, 4.69) is 10.1 Å². The molecule has 8 heteroatoms. The second kappa shape index (κ2) is 7.35. The van der Waals surface area contributed by atoms with Gasteiger partial charge in [-0.15, -0.1) is 0 Å². The highest BCUT2D eigenvalue weighted by molar-refractivity contribution is 7.80. The van der Waals surface area contributed by atoms with Crippen LogP contribution in [0, 0.1) is 5.92 Å². The number of primary amides is 1. The third-order valence-corrected chi connectivity index (χ3v) is 3.80. The minimum Gasteiger partial charge on any atom is -0.435 e. The van der Waals surface area contributed by atoms with Gasteiger partial charge in [0.1, 0.15) is 5.75 Å². The van der Waals surface area contributed by atoms with Crippen LogP contribution >= 0.6 is 12.2 Å². The Labute approximate surface area is 132 Å². The summed E-state index contributed by atoms with van der Waals surface area (Å²) in [7, 11) is 0. The smallest absolute Gasteiger partial charge is 0.387 e. The van der Waals surface area contributed by atoms with E-state index in [4.69, 9.17) is 18.0 Å². The molecule has 0 bridgehead atoms. The highest BCUT2D eigenvalue weighted by atomic mass is 32.1. The Hall–Kier alpha value is -1.96. The van der Waals surface area contributed by atoms with Gasteiger partial charge < -0.3 is 20.7 Å². The van der Waals surface area contributed by atoms with Gasteiger partial charge in [0.05, 0.1) is 5.92 Å². The third-order valence-electron chi connectivity index (χ3n) is 3.44. The highest BCUT2D eigenvalue weighted by Crippen LogP contribution is 2.20. The fourth-order valence-corrected chi connectivity index (χ4v) is 2.60. The van der Waals surface area contributed by atoms with Gasteiger partial charge in [0.25, 0.3) is 0 Å². The topological polar surface area (TPSA) is 67.6 Å². The number of hydrogen-bond acceptors (Lipinski definition) is 3. The Morgan fingerprint density at radius 2 is 2.09 bits per heavy atom. The van der Waals surface area contributed by atoms with Crippen LogP contribution in [0.25, 0.3) is 0 Å². The van der Waals surface area contributed by atoms with Crippen LogP contribution in [0.3, 0.4) is 0 Å². The van der Waals surface area contributed by atoms with Crippen LogP contribution in [0.2, 0.25) is 0 Å². The number of carbonyl (C=O) groups is 1. The number of nitrogens with zero attached hydrogens (tertiary/aromatic N) is 1. The summed E-state index contributed by atoms with van der Waals surface area (Å²) in [6.07, 6.45) is 1.62. The maximum atomic E-state index is 12.1. The molecule has 1 heterocycles. The number of ether oxygens (including phenoxy) is 1. The van der Waals surface area contributed by atoms with E-state index in [-0.39, 0.29) is 17.6 Å². The Morgan fingerprint density at radius 3 is 2.68 bits per heavy atom. The molecule has 0 unspecified atom stereocenters. The molecule has 2 rings (SSSR count). The predicted octanol–water partition coefficient (Wildman–Crippen LogP) is 2.18. The molecule has 1 aliphatic rings. The first kappa shape index (κ1) is 16.4. The molecule has 1 aliphatic heterocycles. The number of nitrogens with two attached hydrogens (primary N) is 1. The lowest BCUT2D eigenvalue weighted by Crippen LogP contribution is -2.45. The number of thiocarbonyl (C=S) groups is 1. The highest BCUT2D eigenvalue weighted by Gasteiger charge is 2.25. The van der Waals surface area contributed by atoms with Crippen molar-refractivity contribution >= 4 is 28.9 Å². The number of benzene rings is 1. The lowest BCUT2D eigenvalue weighted by molar-refractivity contribution is -0.122. The lowest BCUT2D eigenvalue weighted by Gasteiger charge is -2.33. The summed E-state index contributed by atoms with van der Waals surface area (Å²) in [5.74, 6) is -0.436. The maximum absolute atomic E-state index is 12.1. The van der Waals surface area contributed by atoms with Gasteiger partial charge in [-0.2, -0.15) is 8.78 Å². The number of piperidine rings is 1. The molecule has 120 valence electrons. The van der Waals surface area contributed by atoms with Crippen molar-refractivity contribution in [3.63, 3.8) is 0 Å². The molecule has 0 aliphatic carbocycles. The van der Waals surface area contributed by atoms with Crippen molar-refractivity contribution in [1.82, 2.24) is 4.90 Å². The van der Waals surface area contributed by atoms with Gasteiger partial charge in [-0.1, -0.05) is 0 Å². The molecule has 0 saturated carbocycles. The summed E-state index contributed by atoms with van der Waals surface area (Å²) < 4.78 is 28.4. The van der Waals surface area contributed by atoms with Crippen molar-refractivity contribution in [2.75, 3.05) is 18.4 Å². The SMILES string of the molecule is NC(=O)[C@H]1CCCN(C(=S)Nc2ccc(OC(F)F)cc2)C1. The summed E-state index contributed by atoms with van der Waals surface area (Å²) in [4.78, 5) is 13.1. The summed E-state index contributed by atoms with van der Waals surface area (Å²) >= 11 is 5.31. The van der Waals surface area contributed by atoms with Crippen molar-refractivity contribution in [2.45, 2.75) is 19.5 Å². The van der Waals surface area contributed by atoms with E-state index in [1.165, 1.54) is 12.1 Å². The first-order chi connectivity index (χ1) is 10.5. The fraction of sp³-hybridized carbons (Fsp3) is 0.429. The van der Waals surface area contributed by atoms with Crippen molar-refractivity contribution in [3.05, 3.63) is 24.3 Å². The molecule has 5 nitrogen and oxygen atoms in total. The van der Waals surface area contributed by atoms with Gasteiger partial charge in [0.15, 0.2) is 5.11 Å². The van der Waals surface area contributed by atoms with Crippen LogP contribution in [-0.4, -0.2) is 35.6 Å². The van der Waals surface area contributed by atoms with Gasteiger partial charge in [-0.3, -0.25) is 4.79 Å². The fourth-order valence-electron chi connectivity index (χ4n) is 2.32. The van der Waals surface area contributed by atoms with E-state index in [1.807, 2.05) is 4.90 Å². The molecule has 3 N–H and O–H groups in total. The first-order valence-corrected chi connectivity index (χ1v) is 7.26. The van der Waals surface area contributed by atoms with E-state index in [1.54, 1.807) is 12.1 Å². The molecule has 0 aromatic heterocycles. The molecule has 22 heavy (non-hydrogen) atoms. The van der Waals surface area contributed by atoms with E-state index in [9.17, 15) is 13.6 Å². The van der Waals surface area contributed by atoms with E-state index in [0.29, 0.717) is 17.3 Å². The second-order valence-electron chi connectivity index (χ2n) is 5.02. The average Bonchev–Trinajstić information content (AvgIpc) is 2.49. The number of carbonyl (C=O) groups excluding carboxylic acids is 1. The van der Waals surface area contributed by atoms with Gasteiger partial charge in [-0.25, -0.2) is 0 Å². The van der Waals surface area contributed by atoms with E-state index >= 15 is 0 Å². The molecule has 1 atom stereocenters. The second-order valence-corrected chi connectivity index (χ2v) is 5.41. The predicted molar refractivity (Wildman–Crippen MR) is 82.8 cm³/mol. The summed E-state index contributed by atoms with van der Waals surface area (Å²) in [5.41, 5.74) is 5.99. The molecule has 1 amide bonds. The van der Waals surface area contributed by atoms with Crippen LogP contribution < -0.4 is 15.8 Å². The molecule has 1 aromatic rings. The average molecular weight is 329 g/mol. The van der Waals surface area contributed by atoms with Crippen LogP contribution in [0.1, 0.15) is 12.8 Å². The number of rotatable bonds is 4. The van der Waals surface area contributed by atoms with Crippen molar-refractivity contribution in [1.29, 1.82) is 0 Å². The zero-order valence-electron chi connectivity index (χ0n) is 11.8. The van der Waals surface area contributed by atoms with Crippen LogP contribution in [0.4, 0.5) is 14.5 Å². The Kier molecular flexibility index (Phi) is 5.48. The monoisotopic (exact) mass is 329 g/mol. The molecular weight excluding hydrogens is 312 g/mol. The normalized spacial score (nSPS) is 18.1. The number of anilines is 1. The third kappa shape index (κ3) is 4.52. The van der Waals surface area contributed by atoms with E-state index < -0.39 is 6.61 Å². The summed E-state index contributed by atoms with van der Waals surface area (Å²) in [5, 5.41) is 3.49. The van der Waals surface area contributed by atoms with Crippen LogP contribution in [0.15, 0.2) is 24.3 Å². The largest absolute Gasteiger partial charge is 0.435 e. The molecule has 0 radical (unpaired) electrons. The molecule has 1 saturated heterocycles. The standard InChI is InChI=1S/C14H17F2N3O2S/c15-13(16)21-11-5-3-10(4-6-11)18-14(22)19-7-1-2-9(8-19)12(17)20/h3-6,9,13H,1-2,7-8H2,(H2,17,20)(H,18,22)/t9-/m0/s1. The quantitative estimate of drug-likeness (QED) is 0.829. The van der Waals surface area contributed by atoms with Crippen molar-refractivity contribution in [3.8, 4) is 5.75 Å². The molecule has 0 spiro atoms. The van der Waals surface area contributed by atoms with E-state index in [0.717, 1.165) is 19.4 Å². The first-order valence-electron chi connectivity index (χ1n) is 6.86. The maximum Gasteiger partial charge on any atom is 0.387 e. The Bertz CT molecular complexity index is 539. The Morgan fingerprint density at radius 1 is 1.41 bits per heavy atom. The van der Waals surface area contributed by atoms with Gasteiger partial charge >= 0.3 is 6.61 Å². The molecule has 1 fully saturated rings. The number of nitrogens with one attached hydrogen (secondary N) is 1. The summed E-state index contributed by atoms with van der Waals surface area (Å²) in [6.45, 7) is -1.60. The van der Waals surface area contributed by atoms with Crippen LogP contribution in [-0.2, 0) is 4.79 Å². The minimum absolute atomic E-state index is 0.0817. The number of hydrogen-bond donors (Lipinski definition) is 2.